The molecule has 0 spiro atoms. The van der Waals surface area contributed by atoms with Crippen LogP contribution in [0, 0.1) is 0 Å². The molecule has 0 heterocycles. The van der Waals surface area contributed by atoms with Crippen LogP contribution in [-0.2, 0) is 12.8 Å². The van der Waals surface area contributed by atoms with E-state index in [1.54, 1.807) is 0 Å². The molecule has 2 aromatic rings. The highest BCUT2D eigenvalue weighted by Crippen LogP contribution is 2.33. The van der Waals surface area contributed by atoms with E-state index in [1.165, 1.54) is 58.7 Å². The van der Waals surface area contributed by atoms with Crippen LogP contribution in [0.4, 0.5) is 0 Å². The summed E-state index contributed by atoms with van der Waals surface area (Å²) in [6.07, 6.45) is 14.0. The standard InChI is InChI=1S/C18H16/c1-3-7-15-13(5-1)9-11-18-16-8-4-2-6-14(16)10-12-17(15)18/h3-4,7-12H,1-2,5-6H2. The first-order valence-corrected chi connectivity index (χ1v) is 6.84. The summed E-state index contributed by atoms with van der Waals surface area (Å²) in [7, 11) is 0. The quantitative estimate of drug-likeness (QED) is 0.614. The fourth-order valence-electron chi connectivity index (χ4n) is 3.25. The van der Waals surface area contributed by atoms with Gasteiger partial charge in [0.2, 0.25) is 0 Å². The van der Waals surface area contributed by atoms with Crippen LogP contribution in [0.25, 0.3) is 22.9 Å². The summed E-state index contributed by atoms with van der Waals surface area (Å²) in [6, 6.07) is 9.29. The van der Waals surface area contributed by atoms with Crippen molar-refractivity contribution in [3.05, 3.63) is 58.7 Å². The van der Waals surface area contributed by atoms with Gasteiger partial charge < -0.3 is 0 Å². The number of hydrogen-bond acceptors (Lipinski definition) is 0. The summed E-state index contributed by atoms with van der Waals surface area (Å²) in [4.78, 5) is 0. The molecule has 0 unspecified atom stereocenters. The van der Waals surface area contributed by atoms with Gasteiger partial charge in [0.1, 0.15) is 0 Å². The normalized spacial score (nSPS) is 16.7. The van der Waals surface area contributed by atoms with Crippen molar-refractivity contribution in [1.82, 2.24) is 0 Å². The summed E-state index contributed by atoms with van der Waals surface area (Å²) in [5.41, 5.74) is 5.90. The highest BCUT2D eigenvalue weighted by Gasteiger charge is 2.13. The number of allylic oxidation sites excluding steroid dienone is 2. The van der Waals surface area contributed by atoms with E-state index in [9.17, 15) is 0 Å². The van der Waals surface area contributed by atoms with Crippen molar-refractivity contribution in [3.8, 4) is 0 Å². The monoisotopic (exact) mass is 232 g/mol. The van der Waals surface area contributed by atoms with Crippen LogP contribution in [0.3, 0.4) is 0 Å². The van der Waals surface area contributed by atoms with Gasteiger partial charge in [-0.3, -0.25) is 0 Å². The Balaban J connectivity index is 2.09. The van der Waals surface area contributed by atoms with Gasteiger partial charge in [0, 0.05) is 0 Å². The largest absolute Gasteiger partial charge is 0.0836 e. The van der Waals surface area contributed by atoms with Crippen LogP contribution in [0.5, 0.6) is 0 Å². The molecule has 0 saturated carbocycles. The number of fused-ring (bicyclic) bond motifs is 5. The van der Waals surface area contributed by atoms with Crippen molar-refractivity contribution in [2.75, 3.05) is 0 Å². The molecule has 0 amide bonds. The molecule has 0 N–H and O–H groups in total. The van der Waals surface area contributed by atoms with E-state index in [2.05, 4.69) is 48.6 Å². The van der Waals surface area contributed by atoms with E-state index < -0.39 is 0 Å². The van der Waals surface area contributed by atoms with Crippen molar-refractivity contribution in [2.24, 2.45) is 0 Å². The zero-order valence-electron chi connectivity index (χ0n) is 10.4. The lowest BCUT2D eigenvalue weighted by Crippen LogP contribution is -1.99. The summed E-state index contributed by atoms with van der Waals surface area (Å²) >= 11 is 0. The van der Waals surface area contributed by atoms with Crippen LogP contribution >= 0.6 is 0 Å². The average molecular weight is 232 g/mol. The highest BCUT2D eigenvalue weighted by atomic mass is 14.2. The molecule has 88 valence electrons. The fourth-order valence-corrected chi connectivity index (χ4v) is 3.25. The first-order valence-electron chi connectivity index (χ1n) is 6.84. The molecule has 0 aliphatic heterocycles. The number of aryl methyl sites for hydroxylation is 2. The van der Waals surface area contributed by atoms with Crippen LogP contribution < -0.4 is 0 Å². The van der Waals surface area contributed by atoms with Crippen molar-refractivity contribution < 1.29 is 0 Å². The van der Waals surface area contributed by atoms with Gasteiger partial charge in [0.05, 0.1) is 0 Å². The van der Waals surface area contributed by atoms with E-state index in [0.717, 1.165) is 0 Å². The first-order chi connectivity index (χ1) is 8.93. The lowest BCUT2D eigenvalue weighted by atomic mass is 9.87. The molecule has 0 radical (unpaired) electrons. The third-order valence-electron chi connectivity index (χ3n) is 4.19. The minimum absolute atomic E-state index is 1.18. The maximum absolute atomic E-state index is 2.32. The lowest BCUT2D eigenvalue weighted by molar-refractivity contribution is 0.984. The van der Waals surface area contributed by atoms with Gasteiger partial charge in [-0.25, -0.2) is 0 Å². The maximum Gasteiger partial charge on any atom is -0.0103 e. The van der Waals surface area contributed by atoms with E-state index in [-0.39, 0.29) is 0 Å². The Kier molecular flexibility index (Phi) is 2.16. The maximum atomic E-state index is 2.32. The van der Waals surface area contributed by atoms with Crippen LogP contribution in [0.1, 0.15) is 35.1 Å². The second kappa shape index (κ2) is 3.84. The molecule has 2 aliphatic rings. The topological polar surface area (TPSA) is 0 Å². The molecule has 0 saturated heterocycles. The van der Waals surface area contributed by atoms with Crippen LogP contribution in [0.2, 0.25) is 0 Å². The van der Waals surface area contributed by atoms with Gasteiger partial charge in [0.15, 0.2) is 0 Å². The van der Waals surface area contributed by atoms with Crippen molar-refractivity contribution >= 4 is 22.9 Å². The van der Waals surface area contributed by atoms with Gasteiger partial charge in [-0.1, -0.05) is 48.6 Å². The molecule has 0 bridgehead atoms. The molecule has 0 nitrogen and oxygen atoms in total. The average Bonchev–Trinajstić information content (AvgIpc) is 2.46. The zero-order valence-corrected chi connectivity index (χ0v) is 10.4. The number of hydrogen-bond donors (Lipinski definition) is 0. The molecule has 0 fully saturated rings. The van der Waals surface area contributed by atoms with Crippen molar-refractivity contribution in [2.45, 2.75) is 25.7 Å². The van der Waals surface area contributed by atoms with Crippen LogP contribution in [-0.4, -0.2) is 0 Å². The summed E-state index contributed by atoms with van der Waals surface area (Å²) in [6.45, 7) is 0. The van der Waals surface area contributed by atoms with E-state index >= 15 is 0 Å². The molecule has 2 aliphatic carbocycles. The number of benzene rings is 2. The van der Waals surface area contributed by atoms with Gasteiger partial charge in [0.25, 0.3) is 0 Å². The van der Waals surface area contributed by atoms with E-state index in [1.807, 2.05) is 0 Å². The molecule has 0 heteroatoms. The third-order valence-corrected chi connectivity index (χ3v) is 4.19. The molecule has 0 aromatic heterocycles. The molecule has 18 heavy (non-hydrogen) atoms. The van der Waals surface area contributed by atoms with E-state index in [0.29, 0.717) is 0 Å². The zero-order chi connectivity index (χ0) is 11.9. The fraction of sp³-hybridized carbons (Fsp3) is 0.222. The Morgan fingerprint density at radius 1 is 0.611 bits per heavy atom. The molecular weight excluding hydrogens is 216 g/mol. The van der Waals surface area contributed by atoms with Crippen molar-refractivity contribution in [3.63, 3.8) is 0 Å². The molecule has 4 rings (SSSR count). The summed E-state index contributed by atoms with van der Waals surface area (Å²) in [5.74, 6) is 0. The summed E-state index contributed by atoms with van der Waals surface area (Å²) in [5, 5.41) is 2.85. The minimum atomic E-state index is 1.18. The molecule has 2 aromatic carbocycles. The van der Waals surface area contributed by atoms with Gasteiger partial charge in [-0.15, -0.1) is 0 Å². The Bertz CT molecular complexity index is 625. The lowest BCUT2D eigenvalue weighted by Gasteiger charge is -2.18. The Hall–Kier alpha value is -1.82. The second-order valence-corrected chi connectivity index (χ2v) is 5.25. The Morgan fingerprint density at radius 2 is 1.11 bits per heavy atom. The molecular formula is C18H16. The smallest absolute Gasteiger partial charge is 0.0103 e. The predicted octanol–water partition coefficient (Wildman–Crippen LogP) is 4.76. The van der Waals surface area contributed by atoms with Crippen molar-refractivity contribution in [1.29, 1.82) is 0 Å². The first kappa shape index (κ1) is 10.1. The summed E-state index contributed by atoms with van der Waals surface area (Å²) < 4.78 is 0. The predicted molar refractivity (Wildman–Crippen MR) is 78.7 cm³/mol. The Labute approximate surface area is 108 Å². The number of rotatable bonds is 0. The third kappa shape index (κ3) is 1.38. The van der Waals surface area contributed by atoms with Gasteiger partial charge in [-0.2, -0.15) is 0 Å². The van der Waals surface area contributed by atoms with Crippen LogP contribution in [0.15, 0.2) is 36.4 Å². The van der Waals surface area contributed by atoms with E-state index in [4.69, 9.17) is 0 Å². The highest BCUT2D eigenvalue weighted by molar-refractivity contribution is 5.98. The SMILES string of the molecule is C1=Cc2c(ccc3c4c(ccc23)CCC=C4)CC1. The second-order valence-electron chi connectivity index (χ2n) is 5.25. The van der Waals surface area contributed by atoms with Gasteiger partial charge in [-0.05, 0) is 58.7 Å². The minimum Gasteiger partial charge on any atom is -0.0836 e. The van der Waals surface area contributed by atoms with Gasteiger partial charge >= 0.3 is 0 Å². The Morgan fingerprint density at radius 3 is 1.61 bits per heavy atom. The molecule has 0 atom stereocenters.